The number of carbonyl (C=O) groups excluding carboxylic acids is 2. The second-order valence-corrected chi connectivity index (χ2v) is 5.61. The Balaban J connectivity index is 2.29. The standard InChI is InChI=1S/C16H20F2N2O3/c1-4-9(2)13-14(21)20(16(22)19-13)10(3)11-7-5-6-8-12(11)23-15(17)18/h5-10,13,15H,4H2,1-3H3,(H,19,22)/t9-,10?,13-/m0/s1. The first-order chi connectivity index (χ1) is 10.9. The van der Waals surface area contributed by atoms with Gasteiger partial charge in [0.25, 0.3) is 5.91 Å². The minimum Gasteiger partial charge on any atom is -0.434 e. The molecule has 1 aromatic rings. The zero-order chi connectivity index (χ0) is 17.1. The van der Waals surface area contributed by atoms with Crippen LogP contribution in [-0.4, -0.2) is 29.5 Å². The second-order valence-electron chi connectivity index (χ2n) is 5.61. The van der Waals surface area contributed by atoms with E-state index in [9.17, 15) is 18.4 Å². The van der Waals surface area contributed by atoms with Gasteiger partial charge < -0.3 is 10.1 Å². The first-order valence-electron chi connectivity index (χ1n) is 7.54. The minimum absolute atomic E-state index is 0.00351. The quantitative estimate of drug-likeness (QED) is 0.816. The van der Waals surface area contributed by atoms with Crippen LogP contribution >= 0.6 is 0 Å². The molecule has 0 radical (unpaired) electrons. The lowest BCUT2D eigenvalue weighted by Gasteiger charge is -2.24. The van der Waals surface area contributed by atoms with Gasteiger partial charge in [-0.15, -0.1) is 0 Å². The predicted octanol–water partition coefficient (Wildman–Crippen LogP) is 3.32. The van der Waals surface area contributed by atoms with E-state index in [0.29, 0.717) is 5.56 Å². The van der Waals surface area contributed by atoms with Crippen molar-refractivity contribution >= 4 is 11.9 Å². The molecule has 0 spiro atoms. The van der Waals surface area contributed by atoms with E-state index in [-0.39, 0.29) is 17.6 Å². The summed E-state index contributed by atoms with van der Waals surface area (Å²) in [7, 11) is 0. The van der Waals surface area contributed by atoms with Crippen LogP contribution in [0.15, 0.2) is 24.3 Å². The summed E-state index contributed by atoms with van der Waals surface area (Å²) in [6.07, 6.45) is 0.740. The van der Waals surface area contributed by atoms with Crippen molar-refractivity contribution in [2.24, 2.45) is 5.92 Å². The van der Waals surface area contributed by atoms with Gasteiger partial charge in [-0.2, -0.15) is 8.78 Å². The molecule has 1 heterocycles. The Bertz CT molecular complexity index is 594. The molecule has 3 atom stereocenters. The number of imide groups is 1. The zero-order valence-electron chi connectivity index (χ0n) is 13.3. The van der Waals surface area contributed by atoms with Gasteiger partial charge in [-0.1, -0.05) is 38.5 Å². The Kier molecular flexibility index (Phi) is 5.18. The molecular formula is C16H20F2N2O3. The molecular weight excluding hydrogens is 306 g/mol. The molecule has 3 amide bonds. The smallest absolute Gasteiger partial charge is 0.387 e. The number of hydrogen-bond donors (Lipinski definition) is 1. The van der Waals surface area contributed by atoms with E-state index in [1.807, 2.05) is 13.8 Å². The maximum Gasteiger partial charge on any atom is 0.387 e. The molecule has 1 unspecified atom stereocenters. The van der Waals surface area contributed by atoms with Crippen molar-refractivity contribution in [3.05, 3.63) is 29.8 Å². The first-order valence-corrected chi connectivity index (χ1v) is 7.54. The molecule has 1 aliphatic rings. The van der Waals surface area contributed by atoms with Crippen LogP contribution in [0.25, 0.3) is 0 Å². The Labute approximate surface area is 133 Å². The van der Waals surface area contributed by atoms with E-state index in [1.54, 1.807) is 25.1 Å². The van der Waals surface area contributed by atoms with E-state index in [2.05, 4.69) is 10.1 Å². The van der Waals surface area contributed by atoms with Crippen LogP contribution in [0.4, 0.5) is 13.6 Å². The van der Waals surface area contributed by atoms with Crippen LogP contribution in [0.2, 0.25) is 0 Å². The summed E-state index contributed by atoms with van der Waals surface area (Å²) in [5.41, 5.74) is 0.362. The molecule has 126 valence electrons. The maximum absolute atomic E-state index is 12.5. The number of benzene rings is 1. The largest absolute Gasteiger partial charge is 0.434 e. The topological polar surface area (TPSA) is 58.6 Å². The lowest BCUT2D eigenvalue weighted by molar-refractivity contribution is -0.129. The molecule has 2 rings (SSSR count). The number of nitrogens with one attached hydrogen (secondary N) is 1. The Morgan fingerprint density at radius 2 is 1.91 bits per heavy atom. The monoisotopic (exact) mass is 326 g/mol. The summed E-state index contributed by atoms with van der Waals surface area (Å²) in [5.74, 6) is -0.387. The van der Waals surface area contributed by atoms with Crippen molar-refractivity contribution in [3.63, 3.8) is 0 Å². The average Bonchev–Trinajstić information content (AvgIpc) is 2.80. The van der Waals surface area contributed by atoms with Crippen molar-refractivity contribution in [1.29, 1.82) is 0 Å². The van der Waals surface area contributed by atoms with Crippen molar-refractivity contribution in [2.45, 2.75) is 45.9 Å². The molecule has 1 aromatic carbocycles. The number of halogens is 2. The summed E-state index contributed by atoms with van der Waals surface area (Å²) in [6, 6.07) is 4.36. The highest BCUT2D eigenvalue weighted by Gasteiger charge is 2.43. The average molecular weight is 326 g/mol. The van der Waals surface area contributed by atoms with Gasteiger partial charge in [0.2, 0.25) is 0 Å². The van der Waals surface area contributed by atoms with Crippen LogP contribution in [0.3, 0.4) is 0 Å². The third kappa shape index (κ3) is 3.43. The third-order valence-corrected chi connectivity index (χ3v) is 4.19. The van der Waals surface area contributed by atoms with Crippen LogP contribution in [-0.2, 0) is 4.79 Å². The number of nitrogens with zero attached hydrogens (tertiary/aromatic N) is 1. The molecule has 1 aliphatic heterocycles. The predicted molar refractivity (Wildman–Crippen MR) is 80.1 cm³/mol. The second kappa shape index (κ2) is 6.93. The van der Waals surface area contributed by atoms with E-state index in [4.69, 9.17) is 0 Å². The minimum atomic E-state index is -2.97. The summed E-state index contributed by atoms with van der Waals surface area (Å²) >= 11 is 0. The number of hydrogen-bond acceptors (Lipinski definition) is 3. The van der Waals surface area contributed by atoms with E-state index >= 15 is 0 Å². The molecule has 1 N–H and O–H groups in total. The van der Waals surface area contributed by atoms with Gasteiger partial charge in [0.05, 0.1) is 6.04 Å². The van der Waals surface area contributed by atoms with Crippen LogP contribution in [0, 0.1) is 5.92 Å². The number of urea groups is 1. The fraction of sp³-hybridized carbons (Fsp3) is 0.500. The zero-order valence-corrected chi connectivity index (χ0v) is 13.3. The number of carbonyl (C=O) groups is 2. The molecule has 1 saturated heterocycles. The highest BCUT2D eigenvalue weighted by molar-refractivity contribution is 6.04. The molecule has 0 bridgehead atoms. The van der Waals surface area contributed by atoms with Gasteiger partial charge >= 0.3 is 12.6 Å². The van der Waals surface area contributed by atoms with Gasteiger partial charge in [0.1, 0.15) is 11.8 Å². The van der Waals surface area contributed by atoms with Gasteiger partial charge in [0.15, 0.2) is 0 Å². The Hall–Kier alpha value is -2.18. The summed E-state index contributed by atoms with van der Waals surface area (Å²) in [5, 5.41) is 2.66. The maximum atomic E-state index is 12.5. The number of para-hydroxylation sites is 1. The van der Waals surface area contributed by atoms with Gasteiger partial charge in [-0.25, -0.2) is 4.79 Å². The summed E-state index contributed by atoms with van der Waals surface area (Å²) < 4.78 is 29.5. The van der Waals surface area contributed by atoms with Crippen molar-refractivity contribution in [3.8, 4) is 5.75 Å². The molecule has 1 fully saturated rings. The number of rotatable bonds is 6. The van der Waals surface area contributed by atoms with Gasteiger partial charge in [-0.05, 0) is 18.9 Å². The lowest BCUT2D eigenvalue weighted by atomic mass is 9.98. The lowest BCUT2D eigenvalue weighted by Crippen LogP contribution is -2.36. The Morgan fingerprint density at radius 3 is 2.52 bits per heavy atom. The van der Waals surface area contributed by atoms with Crippen molar-refractivity contribution in [1.82, 2.24) is 10.2 Å². The normalized spacial score (nSPS) is 20.6. The summed E-state index contributed by atoms with van der Waals surface area (Å²) in [6.45, 7) is 2.45. The molecule has 23 heavy (non-hydrogen) atoms. The summed E-state index contributed by atoms with van der Waals surface area (Å²) in [4.78, 5) is 25.8. The molecule has 7 heteroatoms. The fourth-order valence-corrected chi connectivity index (χ4v) is 2.67. The fourth-order valence-electron chi connectivity index (χ4n) is 2.67. The highest BCUT2D eigenvalue weighted by atomic mass is 19.3. The van der Waals surface area contributed by atoms with Crippen molar-refractivity contribution < 1.29 is 23.1 Å². The molecule has 0 saturated carbocycles. The number of alkyl halides is 2. The molecule has 0 aromatic heterocycles. The number of ether oxygens (including phenoxy) is 1. The highest BCUT2D eigenvalue weighted by Crippen LogP contribution is 2.33. The van der Waals surface area contributed by atoms with Crippen LogP contribution in [0.5, 0.6) is 5.75 Å². The van der Waals surface area contributed by atoms with Crippen molar-refractivity contribution in [2.75, 3.05) is 0 Å². The van der Waals surface area contributed by atoms with Crippen LogP contribution < -0.4 is 10.1 Å². The number of amides is 3. The third-order valence-electron chi connectivity index (χ3n) is 4.19. The van der Waals surface area contributed by atoms with E-state index in [1.165, 1.54) is 6.07 Å². The Morgan fingerprint density at radius 1 is 1.26 bits per heavy atom. The van der Waals surface area contributed by atoms with Crippen LogP contribution in [0.1, 0.15) is 38.8 Å². The first kappa shape index (κ1) is 17.2. The van der Waals surface area contributed by atoms with E-state index < -0.39 is 24.7 Å². The van der Waals surface area contributed by atoms with Gasteiger partial charge in [0, 0.05) is 5.56 Å². The van der Waals surface area contributed by atoms with E-state index in [0.717, 1.165) is 11.3 Å². The van der Waals surface area contributed by atoms with Gasteiger partial charge in [-0.3, -0.25) is 9.69 Å². The SMILES string of the molecule is CC[C@H](C)[C@@H]1NC(=O)N(C(C)c2ccccc2OC(F)F)C1=O. The molecule has 5 nitrogen and oxygen atoms in total. The molecule has 0 aliphatic carbocycles.